The van der Waals surface area contributed by atoms with Crippen LogP contribution in [0.1, 0.15) is 34.0 Å². The molecule has 9 heteroatoms. The van der Waals surface area contributed by atoms with E-state index >= 15 is 0 Å². The Kier molecular flexibility index (Phi) is 9.37. The van der Waals surface area contributed by atoms with Gasteiger partial charge in [-0.1, -0.05) is 72.8 Å². The molecule has 0 radical (unpaired) electrons. The zero-order valence-corrected chi connectivity index (χ0v) is 20.6. The molecule has 0 spiro atoms. The summed E-state index contributed by atoms with van der Waals surface area (Å²) in [4.78, 5) is 49.9. The van der Waals surface area contributed by atoms with Gasteiger partial charge in [0.1, 0.15) is 18.7 Å². The summed E-state index contributed by atoms with van der Waals surface area (Å²) in [6.07, 6.45) is -0.606. The normalized spacial score (nSPS) is 12.1. The molecule has 37 heavy (non-hydrogen) atoms. The van der Waals surface area contributed by atoms with E-state index in [1.54, 1.807) is 19.1 Å². The van der Waals surface area contributed by atoms with Crippen LogP contribution >= 0.6 is 0 Å². The number of carboxylic acids is 1. The van der Waals surface area contributed by atoms with E-state index in [2.05, 4.69) is 16.0 Å². The summed E-state index contributed by atoms with van der Waals surface area (Å²) in [5.41, 5.74) is 2.18. The third-order valence-corrected chi connectivity index (χ3v) is 5.60. The van der Waals surface area contributed by atoms with Crippen molar-refractivity contribution in [3.05, 3.63) is 101 Å². The molecule has 192 valence electrons. The van der Waals surface area contributed by atoms with Crippen LogP contribution in [0.4, 0.5) is 10.5 Å². The van der Waals surface area contributed by atoms with Crippen molar-refractivity contribution in [2.45, 2.75) is 39.0 Å². The summed E-state index contributed by atoms with van der Waals surface area (Å²) in [5, 5.41) is 17.2. The van der Waals surface area contributed by atoms with Crippen LogP contribution in [0.15, 0.2) is 78.9 Å². The van der Waals surface area contributed by atoms with Gasteiger partial charge in [0, 0.05) is 6.42 Å². The fraction of sp³-hybridized carbons (Fsp3) is 0.214. The van der Waals surface area contributed by atoms with Gasteiger partial charge in [0.15, 0.2) is 0 Å². The minimum absolute atomic E-state index is 0.0286. The lowest BCUT2D eigenvalue weighted by atomic mass is 10.0. The summed E-state index contributed by atoms with van der Waals surface area (Å²) in [6.45, 7) is 3.13. The first-order valence-electron chi connectivity index (χ1n) is 11.7. The molecule has 3 rings (SSSR count). The third-order valence-electron chi connectivity index (χ3n) is 5.60. The van der Waals surface area contributed by atoms with Crippen molar-refractivity contribution in [3.8, 4) is 0 Å². The van der Waals surface area contributed by atoms with Crippen LogP contribution in [0.2, 0.25) is 0 Å². The van der Waals surface area contributed by atoms with Gasteiger partial charge in [-0.2, -0.15) is 0 Å². The standard InChI is InChI=1S/C28H29N3O6/c1-18-10-9-15-22(24(18)27(34)35)30-25(32)19(2)29-26(33)23(16-20-11-5-3-6-12-20)31-28(36)37-17-21-13-7-4-8-14-21/h3-15,19,23H,16-17H2,1-2H3,(H,29,33)(H,30,32)(H,31,36)(H,34,35). The lowest BCUT2D eigenvalue weighted by molar-refractivity contribution is -0.127. The first-order chi connectivity index (χ1) is 17.7. The lowest BCUT2D eigenvalue weighted by Crippen LogP contribution is -2.52. The second-order valence-electron chi connectivity index (χ2n) is 8.47. The van der Waals surface area contributed by atoms with Gasteiger partial charge < -0.3 is 25.8 Å². The van der Waals surface area contributed by atoms with Gasteiger partial charge in [-0.15, -0.1) is 0 Å². The van der Waals surface area contributed by atoms with E-state index in [0.717, 1.165) is 11.1 Å². The van der Waals surface area contributed by atoms with Crippen LogP contribution in [0, 0.1) is 6.92 Å². The molecule has 0 heterocycles. The number of hydrogen-bond acceptors (Lipinski definition) is 5. The highest BCUT2D eigenvalue weighted by Gasteiger charge is 2.26. The number of anilines is 1. The molecule has 0 aromatic heterocycles. The molecule has 0 saturated heterocycles. The summed E-state index contributed by atoms with van der Waals surface area (Å²) in [7, 11) is 0. The molecule has 2 unspecified atom stereocenters. The first kappa shape index (κ1) is 26.9. The van der Waals surface area contributed by atoms with Crippen LogP contribution in [-0.4, -0.2) is 41.1 Å². The number of aromatic carboxylic acids is 1. The van der Waals surface area contributed by atoms with Crippen molar-refractivity contribution in [1.82, 2.24) is 10.6 Å². The molecule has 0 aliphatic heterocycles. The molecule has 2 atom stereocenters. The Hall–Kier alpha value is -4.66. The fourth-order valence-corrected chi connectivity index (χ4v) is 3.64. The molecule has 3 aromatic carbocycles. The van der Waals surface area contributed by atoms with E-state index in [1.807, 2.05) is 60.7 Å². The third kappa shape index (κ3) is 7.93. The Morgan fingerprint density at radius 1 is 0.811 bits per heavy atom. The number of hydrogen-bond donors (Lipinski definition) is 4. The Bertz CT molecular complexity index is 1250. The Balaban J connectivity index is 1.67. The average Bonchev–Trinajstić information content (AvgIpc) is 2.88. The minimum atomic E-state index is -1.17. The molecule has 0 saturated carbocycles. The number of alkyl carbamates (subject to hydrolysis) is 1. The van der Waals surface area contributed by atoms with Crippen LogP contribution in [0.25, 0.3) is 0 Å². The van der Waals surface area contributed by atoms with Crippen molar-refractivity contribution in [1.29, 1.82) is 0 Å². The lowest BCUT2D eigenvalue weighted by Gasteiger charge is -2.21. The van der Waals surface area contributed by atoms with Crippen LogP contribution in [-0.2, 0) is 27.4 Å². The van der Waals surface area contributed by atoms with Gasteiger partial charge >= 0.3 is 12.1 Å². The maximum atomic E-state index is 13.1. The number of aryl methyl sites for hydroxylation is 1. The topological polar surface area (TPSA) is 134 Å². The second-order valence-corrected chi connectivity index (χ2v) is 8.47. The first-order valence-corrected chi connectivity index (χ1v) is 11.7. The van der Waals surface area contributed by atoms with Crippen molar-refractivity contribution < 1.29 is 29.0 Å². The second kappa shape index (κ2) is 12.9. The van der Waals surface area contributed by atoms with E-state index in [4.69, 9.17) is 4.74 Å². The van der Waals surface area contributed by atoms with Gasteiger partial charge in [-0.25, -0.2) is 9.59 Å². The van der Waals surface area contributed by atoms with Crippen molar-refractivity contribution in [2.75, 3.05) is 5.32 Å². The average molecular weight is 504 g/mol. The molecule has 9 nitrogen and oxygen atoms in total. The summed E-state index contributed by atoms with van der Waals surface area (Å²) in [6, 6.07) is 20.9. The zero-order chi connectivity index (χ0) is 26.8. The molecular weight excluding hydrogens is 474 g/mol. The predicted octanol–water partition coefficient (Wildman–Crippen LogP) is 3.67. The summed E-state index contributed by atoms with van der Waals surface area (Å²) >= 11 is 0. The highest BCUT2D eigenvalue weighted by molar-refractivity contribution is 6.04. The van der Waals surface area contributed by atoms with Crippen LogP contribution in [0.5, 0.6) is 0 Å². The minimum Gasteiger partial charge on any atom is -0.478 e. The molecule has 4 N–H and O–H groups in total. The van der Waals surface area contributed by atoms with E-state index in [0.29, 0.717) is 5.56 Å². The van der Waals surface area contributed by atoms with Gasteiger partial charge in [0.2, 0.25) is 11.8 Å². The Morgan fingerprint density at radius 2 is 1.43 bits per heavy atom. The number of carbonyl (C=O) groups excluding carboxylic acids is 3. The SMILES string of the molecule is Cc1cccc(NC(=O)C(C)NC(=O)C(Cc2ccccc2)NC(=O)OCc2ccccc2)c1C(=O)O. The van der Waals surface area contributed by atoms with Crippen molar-refractivity contribution in [3.63, 3.8) is 0 Å². The highest BCUT2D eigenvalue weighted by Crippen LogP contribution is 2.19. The van der Waals surface area contributed by atoms with E-state index in [-0.39, 0.29) is 24.3 Å². The highest BCUT2D eigenvalue weighted by atomic mass is 16.5. The Morgan fingerprint density at radius 3 is 2.05 bits per heavy atom. The number of ether oxygens (including phenoxy) is 1. The maximum absolute atomic E-state index is 13.1. The molecule has 0 bridgehead atoms. The predicted molar refractivity (Wildman–Crippen MR) is 138 cm³/mol. The molecule has 3 aromatic rings. The number of nitrogens with one attached hydrogen (secondary N) is 3. The molecule has 3 amide bonds. The van der Waals surface area contributed by atoms with Crippen molar-refractivity contribution in [2.24, 2.45) is 0 Å². The number of carbonyl (C=O) groups is 4. The van der Waals surface area contributed by atoms with Gasteiger partial charge in [-0.05, 0) is 36.6 Å². The van der Waals surface area contributed by atoms with Gasteiger partial charge in [-0.3, -0.25) is 9.59 Å². The zero-order valence-electron chi connectivity index (χ0n) is 20.6. The fourth-order valence-electron chi connectivity index (χ4n) is 3.64. The summed E-state index contributed by atoms with van der Waals surface area (Å²) < 4.78 is 5.26. The van der Waals surface area contributed by atoms with Gasteiger partial charge in [0.25, 0.3) is 0 Å². The van der Waals surface area contributed by atoms with Crippen molar-refractivity contribution >= 4 is 29.6 Å². The maximum Gasteiger partial charge on any atom is 0.408 e. The molecule has 0 aliphatic rings. The molecule has 0 fully saturated rings. The number of benzene rings is 3. The Labute approximate surface area is 214 Å². The molecular formula is C28H29N3O6. The summed E-state index contributed by atoms with van der Waals surface area (Å²) in [5.74, 6) is -2.37. The van der Waals surface area contributed by atoms with E-state index < -0.39 is 36.0 Å². The van der Waals surface area contributed by atoms with E-state index in [9.17, 15) is 24.3 Å². The van der Waals surface area contributed by atoms with E-state index in [1.165, 1.54) is 13.0 Å². The quantitative estimate of drug-likeness (QED) is 0.334. The largest absolute Gasteiger partial charge is 0.478 e. The van der Waals surface area contributed by atoms with Crippen LogP contribution in [0.3, 0.4) is 0 Å². The smallest absolute Gasteiger partial charge is 0.408 e. The number of amides is 3. The van der Waals surface area contributed by atoms with Gasteiger partial charge in [0.05, 0.1) is 11.3 Å². The molecule has 0 aliphatic carbocycles. The van der Waals surface area contributed by atoms with Crippen LogP contribution < -0.4 is 16.0 Å². The number of rotatable bonds is 10. The monoisotopic (exact) mass is 503 g/mol. The number of carboxylic acid groups (broad SMARTS) is 1.